The fourth-order valence-corrected chi connectivity index (χ4v) is 2.87. The van der Waals surface area contributed by atoms with E-state index in [-0.39, 0.29) is 0 Å². The lowest BCUT2D eigenvalue weighted by atomic mass is 10.2. The van der Waals surface area contributed by atoms with Crippen molar-refractivity contribution in [2.24, 2.45) is 15.0 Å². The van der Waals surface area contributed by atoms with Crippen LogP contribution in [0, 0.1) is 13.8 Å². The summed E-state index contributed by atoms with van der Waals surface area (Å²) in [7, 11) is 0. The highest BCUT2D eigenvalue weighted by atomic mass is 35.5. The van der Waals surface area contributed by atoms with E-state index in [1.54, 1.807) is 0 Å². The molecule has 1 aliphatic heterocycles. The molecule has 0 unspecified atom stereocenters. The van der Waals surface area contributed by atoms with E-state index in [1.807, 2.05) is 60.7 Å². The molecular formula is C23H19ClN4. The number of benzene rings is 3. The number of nitrogens with zero attached hydrogens (tertiary/aromatic N) is 3. The van der Waals surface area contributed by atoms with Crippen LogP contribution < -0.4 is 5.32 Å². The van der Waals surface area contributed by atoms with Crippen LogP contribution in [-0.2, 0) is 0 Å². The number of anilines is 1. The highest BCUT2D eigenvalue weighted by Gasteiger charge is 2.20. The first-order chi connectivity index (χ1) is 13.6. The first-order valence-electron chi connectivity index (χ1n) is 8.99. The number of halogens is 1. The van der Waals surface area contributed by atoms with Gasteiger partial charge in [-0.2, -0.15) is 0 Å². The molecule has 5 heteroatoms. The molecule has 28 heavy (non-hydrogen) atoms. The number of hydrogen-bond acceptors (Lipinski definition) is 3. The number of amidine groups is 3. The number of nitrogens with one attached hydrogen (secondary N) is 1. The molecule has 4 rings (SSSR count). The van der Waals surface area contributed by atoms with E-state index < -0.39 is 0 Å². The van der Waals surface area contributed by atoms with Gasteiger partial charge in [-0.3, -0.25) is 0 Å². The van der Waals surface area contributed by atoms with Gasteiger partial charge < -0.3 is 5.32 Å². The van der Waals surface area contributed by atoms with Gasteiger partial charge in [0, 0.05) is 16.3 Å². The summed E-state index contributed by atoms with van der Waals surface area (Å²) in [4.78, 5) is 14.0. The number of aliphatic imine (C=N–C) groups is 3. The van der Waals surface area contributed by atoms with E-state index in [2.05, 4.69) is 41.3 Å². The molecule has 1 heterocycles. The largest absolute Gasteiger partial charge is 0.337 e. The quantitative estimate of drug-likeness (QED) is 0.593. The van der Waals surface area contributed by atoms with E-state index >= 15 is 0 Å². The maximum absolute atomic E-state index is 6.00. The van der Waals surface area contributed by atoms with Crippen LogP contribution in [0.5, 0.6) is 0 Å². The Morgan fingerprint density at radius 3 is 2.00 bits per heavy atom. The SMILES string of the molecule is Cc1ccc(N=C2N=C(c3ccc(Cl)cc3)N=C2Nc2ccc(C)cc2)cc1. The van der Waals surface area contributed by atoms with Crippen molar-refractivity contribution in [1.29, 1.82) is 0 Å². The Hall–Kier alpha value is -3.24. The molecule has 0 saturated carbocycles. The molecule has 4 nitrogen and oxygen atoms in total. The van der Waals surface area contributed by atoms with E-state index in [1.165, 1.54) is 11.1 Å². The molecule has 0 spiro atoms. The molecule has 138 valence electrons. The molecule has 0 bridgehead atoms. The molecule has 1 aliphatic rings. The number of rotatable bonds is 3. The summed E-state index contributed by atoms with van der Waals surface area (Å²) in [6, 6.07) is 23.6. The number of hydrogen-bond donors (Lipinski definition) is 1. The van der Waals surface area contributed by atoms with Crippen LogP contribution in [0.3, 0.4) is 0 Å². The fraction of sp³-hybridized carbons (Fsp3) is 0.0870. The van der Waals surface area contributed by atoms with Crippen LogP contribution in [0.15, 0.2) is 87.8 Å². The molecule has 3 aromatic carbocycles. The maximum atomic E-state index is 6.00. The minimum absolute atomic E-state index is 0.550. The van der Waals surface area contributed by atoms with Gasteiger partial charge >= 0.3 is 0 Å². The van der Waals surface area contributed by atoms with Gasteiger partial charge in [0.05, 0.1) is 5.69 Å². The fourth-order valence-electron chi connectivity index (χ4n) is 2.74. The average Bonchev–Trinajstić information content (AvgIpc) is 3.08. The van der Waals surface area contributed by atoms with Gasteiger partial charge in [-0.1, -0.05) is 47.0 Å². The monoisotopic (exact) mass is 386 g/mol. The third-order valence-corrected chi connectivity index (χ3v) is 4.58. The molecule has 0 fully saturated rings. The molecule has 0 saturated heterocycles. The predicted molar refractivity (Wildman–Crippen MR) is 118 cm³/mol. The second-order valence-electron chi connectivity index (χ2n) is 6.66. The van der Waals surface area contributed by atoms with E-state index in [9.17, 15) is 0 Å². The molecular weight excluding hydrogens is 368 g/mol. The Balaban J connectivity index is 1.71. The Kier molecular flexibility index (Phi) is 5.04. The van der Waals surface area contributed by atoms with E-state index in [0.29, 0.717) is 22.5 Å². The Bertz CT molecular complexity index is 1080. The molecule has 0 radical (unpaired) electrons. The minimum atomic E-state index is 0.550. The maximum Gasteiger partial charge on any atom is 0.198 e. The van der Waals surface area contributed by atoms with Crippen molar-refractivity contribution in [2.75, 3.05) is 5.32 Å². The summed E-state index contributed by atoms with van der Waals surface area (Å²) >= 11 is 6.00. The van der Waals surface area contributed by atoms with Crippen molar-refractivity contribution in [3.63, 3.8) is 0 Å². The normalized spacial score (nSPS) is 14.8. The average molecular weight is 387 g/mol. The molecule has 0 aromatic heterocycles. The van der Waals surface area contributed by atoms with Crippen molar-refractivity contribution in [2.45, 2.75) is 13.8 Å². The smallest absolute Gasteiger partial charge is 0.198 e. The summed E-state index contributed by atoms with van der Waals surface area (Å²) in [6.07, 6.45) is 0. The summed E-state index contributed by atoms with van der Waals surface area (Å²) in [6.45, 7) is 4.11. The van der Waals surface area contributed by atoms with Gasteiger partial charge in [-0.15, -0.1) is 0 Å². The zero-order valence-electron chi connectivity index (χ0n) is 15.6. The lowest BCUT2D eigenvalue weighted by Gasteiger charge is -2.06. The van der Waals surface area contributed by atoms with Gasteiger partial charge in [-0.25, -0.2) is 15.0 Å². The van der Waals surface area contributed by atoms with Gasteiger partial charge in [0.2, 0.25) is 0 Å². The molecule has 3 aromatic rings. The second-order valence-corrected chi connectivity index (χ2v) is 7.10. The van der Waals surface area contributed by atoms with Gasteiger partial charge in [-0.05, 0) is 62.4 Å². The standard InChI is InChI=1S/C23H19ClN4/c1-15-3-11-19(12-4-15)25-22-23(26-20-13-5-16(2)6-14-20)28-21(27-22)17-7-9-18(24)10-8-17/h3-14H,1-2H3,(H,25,26,27,28). The Morgan fingerprint density at radius 2 is 1.36 bits per heavy atom. The third kappa shape index (κ3) is 4.18. The summed E-state index contributed by atoms with van der Waals surface area (Å²) in [5, 5.41) is 4.02. The minimum Gasteiger partial charge on any atom is -0.337 e. The second kappa shape index (κ2) is 7.79. The van der Waals surface area contributed by atoms with Crippen molar-refractivity contribution in [1.82, 2.24) is 0 Å². The van der Waals surface area contributed by atoms with Crippen LogP contribution >= 0.6 is 11.6 Å². The highest BCUT2D eigenvalue weighted by molar-refractivity contribution is 6.51. The molecule has 1 N–H and O–H groups in total. The van der Waals surface area contributed by atoms with E-state index in [4.69, 9.17) is 16.6 Å². The summed E-state index contributed by atoms with van der Waals surface area (Å²) in [5.74, 6) is 1.78. The van der Waals surface area contributed by atoms with Crippen LogP contribution in [0.25, 0.3) is 0 Å². The summed E-state index contributed by atoms with van der Waals surface area (Å²) in [5.41, 5.74) is 5.05. The van der Waals surface area contributed by atoms with Gasteiger partial charge in [0.1, 0.15) is 0 Å². The van der Waals surface area contributed by atoms with Crippen LogP contribution in [0.4, 0.5) is 11.4 Å². The van der Waals surface area contributed by atoms with Crippen molar-refractivity contribution >= 4 is 40.5 Å². The van der Waals surface area contributed by atoms with Crippen molar-refractivity contribution in [3.8, 4) is 0 Å². The van der Waals surface area contributed by atoms with Crippen LogP contribution in [-0.4, -0.2) is 17.5 Å². The molecule has 0 aliphatic carbocycles. The van der Waals surface area contributed by atoms with E-state index in [0.717, 1.165) is 16.9 Å². The first kappa shape index (κ1) is 18.1. The first-order valence-corrected chi connectivity index (χ1v) is 9.37. The highest BCUT2D eigenvalue weighted by Crippen LogP contribution is 2.19. The topological polar surface area (TPSA) is 49.1 Å². The van der Waals surface area contributed by atoms with Crippen molar-refractivity contribution < 1.29 is 0 Å². The zero-order chi connectivity index (χ0) is 19.5. The predicted octanol–water partition coefficient (Wildman–Crippen LogP) is 5.96. The summed E-state index contributed by atoms with van der Waals surface area (Å²) < 4.78 is 0. The molecule has 0 amide bonds. The van der Waals surface area contributed by atoms with Gasteiger partial charge in [0.15, 0.2) is 17.5 Å². The van der Waals surface area contributed by atoms with Crippen LogP contribution in [0.1, 0.15) is 16.7 Å². The van der Waals surface area contributed by atoms with Gasteiger partial charge in [0.25, 0.3) is 0 Å². The molecule has 0 atom stereocenters. The lowest BCUT2D eigenvalue weighted by Crippen LogP contribution is -2.18. The third-order valence-electron chi connectivity index (χ3n) is 4.33. The lowest BCUT2D eigenvalue weighted by molar-refractivity contribution is 1.43. The van der Waals surface area contributed by atoms with Crippen molar-refractivity contribution in [3.05, 3.63) is 94.5 Å². The Labute approximate surface area is 169 Å². The van der Waals surface area contributed by atoms with Crippen LogP contribution in [0.2, 0.25) is 5.02 Å². The Morgan fingerprint density at radius 1 is 0.750 bits per heavy atom. The zero-order valence-corrected chi connectivity index (χ0v) is 16.4. The number of aryl methyl sites for hydroxylation is 2.